The number of aromatic nitrogens is 4. The minimum Gasteiger partial charge on any atom is -0.222 e. The van der Waals surface area contributed by atoms with E-state index in [1.165, 1.54) is 0 Å². The molecular weight excluding hydrogens is 196 g/mol. The highest BCUT2D eigenvalue weighted by Crippen LogP contribution is 1.73. The molecule has 10 nitrogen and oxygen atoms in total. The molecule has 0 aliphatic carbocycles. The normalized spacial score (nSPS) is 10.1. The number of rotatable bonds is 1. The number of tetrazole rings is 1. The zero-order valence-electron chi connectivity index (χ0n) is 5.48. The Hall–Kier alpha value is -1.04. The van der Waals surface area contributed by atoms with Crippen molar-refractivity contribution >= 4 is 5.95 Å². The van der Waals surface area contributed by atoms with E-state index < -0.39 is 10.2 Å². The highest BCUT2D eigenvalue weighted by Gasteiger charge is 1.96. The number of nitrogens with zero attached hydrogens (tertiary/aromatic N) is 2. The Bertz CT molecular complexity index is 188. The van der Waals surface area contributed by atoms with Gasteiger partial charge in [-0.25, -0.2) is 29.9 Å². The minimum atomic E-state index is -4.94. The van der Waals surface area contributed by atoms with Gasteiger partial charge in [0.2, 0.25) is 0 Å². The van der Waals surface area contributed by atoms with Crippen molar-refractivity contribution in [3.8, 4) is 0 Å². The molecule has 0 radical (unpaired) electrons. The van der Waals surface area contributed by atoms with E-state index >= 15 is 0 Å². The van der Waals surface area contributed by atoms with E-state index in [0.717, 1.165) is 0 Å². The molecule has 0 saturated carbocycles. The second-order valence-corrected chi connectivity index (χ2v) is 2.06. The van der Waals surface area contributed by atoms with Gasteiger partial charge in [-0.2, -0.15) is 5.10 Å². The number of H-pyrrole nitrogens is 2. The summed E-state index contributed by atoms with van der Waals surface area (Å²) in [5, 5.41) is 11.6. The van der Waals surface area contributed by atoms with Crippen LogP contribution in [0.4, 0.5) is 5.95 Å². The minimum absolute atomic E-state index is 0.417. The van der Waals surface area contributed by atoms with Crippen molar-refractivity contribution in [2.75, 3.05) is 5.43 Å². The molecule has 0 bridgehead atoms. The Morgan fingerprint density at radius 3 is 2.08 bits per heavy atom. The van der Waals surface area contributed by atoms with Gasteiger partial charge in [-0.05, 0) is 0 Å². The summed E-state index contributed by atoms with van der Waals surface area (Å²) in [4.78, 5) is 0. The van der Waals surface area contributed by atoms with Crippen LogP contribution in [0.1, 0.15) is 0 Å². The molecule has 1 rings (SSSR count). The van der Waals surface area contributed by atoms with Crippen LogP contribution in [-0.4, -0.2) is 15.5 Å². The molecule has 1 aromatic rings. The van der Waals surface area contributed by atoms with Crippen molar-refractivity contribution in [3.63, 3.8) is 0 Å². The van der Waals surface area contributed by atoms with E-state index in [1.54, 1.807) is 0 Å². The third kappa shape index (κ3) is 8.96. The van der Waals surface area contributed by atoms with Crippen LogP contribution in [-0.2, 0) is 0 Å². The Kier molecular flexibility index (Phi) is 4.35. The van der Waals surface area contributed by atoms with Gasteiger partial charge in [0.05, 0.1) is 5.10 Å². The summed E-state index contributed by atoms with van der Waals surface area (Å²) in [6.07, 6.45) is 0. The predicted octanol–water partition coefficient (Wildman–Crippen LogP) is -6.85. The molecule has 1 aromatic heterocycles. The number of nitrogen functional groups attached to an aromatic ring is 1. The third-order valence-electron chi connectivity index (χ3n) is 0.511. The largest absolute Gasteiger partial charge is 0.413 e. The number of hydrazine groups is 1. The molecule has 0 spiro atoms. The molecule has 0 saturated heterocycles. The first-order chi connectivity index (χ1) is 5.43. The molecule has 12 heavy (non-hydrogen) atoms. The van der Waals surface area contributed by atoms with Crippen LogP contribution in [0.25, 0.3) is 0 Å². The van der Waals surface area contributed by atoms with Gasteiger partial charge in [0, 0.05) is 0 Å². The second-order valence-electron chi connectivity index (χ2n) is 1.31. The average Bonchev–Trinajstić information content (AvgIpc) is 2.33. The Labute approximate surface area is 67.7 Å². The first-order valence-corrected chi connectivity index (χ1v) is 3.54. The summed E-state index contributed by atoms with van der Waals surface area (Å²) < 4.78 is 34.0. The van der Waals surface area contributed by atoms with Crippen molar-refractivity contribution in [1.82, 2.24) is 15.5 Å². The van der Waals surface area contributed by atoms with Crippen molar-refractivity contribution in [2.24, 2.45) is 5.84 Å². The zero-order chi connectivity index (χ0) is 9.61. The highest BCUT2D eigenvalue weighted by atomic mass is 35.7. The lowest BCUT2D eigenvalue weighted by atomic mass is 11.1. The number of nitrogens with two attached hydrogens (primary N) is 1. The number of hydrogen-bond donors (Lipinski definition) is 3. The van der Waals surface area contributed by atoms with Crippen LogP contribution in [0.3, 0.4) is 0 Å². The number of aromatic amines is 2. The molecule has 0 amide bonds. The summed E-state index contributed by atoms with van der Waals surface area (Å²) in [6.45, 7) is 0. The predicted molar refractivity (Wildman–Crippen MR) is 20.7 cm³/mol. The lowest BCUT2D eigenvalue weighted by Crippen LogP contribution is -2.68. The van der Waals surface area contributed by atoms with E-state index in [2.05, 4.69) is 26.0 Å². The van der Waals surface area contributed by atoms with E-state index in [1.807, 2.05) is 0 Å². The number of hydrogen-bond acceptors (Lipinski definition) is 8. The molecule has 70 valence electrons. The highest BCUT2D eigenvalue weighted by molar-refractivity contribution is 5.06. The molecule has 5 N–H and O–H groups in total. The average molecular weight is 201 g/mol. The molecule has 1 heterocycles. The van der Waals surface area contributed by atoms with Gasteiger partial charge in [0.1, 0.15) is 5.21 Å². The lowest BCUT2D eigenvalue weighted by molar-refractivity contribution is -2.00. The zero-order valence-corrected chi connectivity index (χ0v) is 6.24. The maximum Gasteiger partial charge on any atom is 0.413 e. The first kappa shape index (κ1) is 11.0. The molecular formula is CH5ClN6O4. The summed E-state index contributed by atoms with van der Waals surface area (Å²) in [7, 11) is -4.94. The fraction of sp³-hybridized carbons (Fsp3) is 0. The molecule has 0 unspecified atom stereocenters. The van der Waals surface area contributed by atoms with Crippen molar-refractivity contribution in [2.45, 2.75) is 0 Å². The molecule has 0 aliphatic heterocycles. The van der Waals surface area contributed by atoms with Gasteiger partial charge in [0.15, 0.2) is 0 Å². The molecule has 0 aliphatic rings. The fourth-order valence-electron chi connectivity index (χ4n) is 0.243. The van der Waals surface area contributed by atoms with Gasteiger partial charge < -0.3 is 0 Å². The van der Waals surface area contributed by atoms with Crippen LogP contribution in [0.15, 0.2) is 0 Å². The first-order valence-electron chi connectivity index (χ1n) is 2.30. The molecule has 11 heteroatoms. The summed E-state index contributed by atoms with van der Waals surface area (Å²) in [6, 6.07) is 0. The van der Waals surface area contributed by atoms with Gasteiger partial charge in [-0.3, -0.25) is 0 Å². The topological polar surface area (TPSA) is 186 Å². The summed E-state index contributed by atoms with van der Waals surface area (Å²) >= 11 is 0. The monoisotopic (exact) mass is 200 g/mol. The van der Waals surface area contributed by atoms with Crippen molar-refractivity contribution in [1.29, 1.82) is 0 Å². The Morgan fingerprint density at radius 2 is 1.92 bits per heavy atom. The quantitative estimate of drug-likeness (QED) is 0.294. The number of halogens is 1. The van der Waals surface area contributed by atoms with Crippen LogP contribution in [0.2, 0.25) is 0 Å². The molecule has 0 fully saturated rings. The molecule has 0 atom stereocenters. The van der Waals surface area contributed by atoms with E-state index in [9.17, 15) is 0 Å². The summed E-state index contributed by atoms with van der Waals surface area (Å²) in [5.41, 5.74) is 2.25. The van der Waals surface area contributed by atoms with Crippen LogP contribution in [0, 0.1) is 10.2 Å². The van der Waals surface area contributed by atoms with Crippen molar-refractivity contribution in [3.05, 3.63) is 0 Å². The smallest absolute Gasteiger partial charge is 0.222 e. The Balaban J connectivity index is 0.000000217. The summed E-state index contributed by atoms with van der Waals surface area (Å²) in [5.74, 6) is 5.31. The molecule has 0 aromatic carbocycles. The van der Waals surface area contributed by atoms with Crippen LogP contribution in [0.5, 0.6) is 0 Å². The van der Waals surface area contributed by atoms with E-state index in [0.29, 0.717) is 5.95 Å². The maximum atomic E-state index is 8.49. The SMILES string of the molecule is NNc1nn[nH][nH+]1.[O-][Cl+3]([O-])([O-])[O-]. The number of anilines is 1. The Morgan fingerprint density at radius 1 is 1.42 bits per heavy atom. The van der Waals surface area contributed by atoms with Crippen LogP contribution < -0.4 is 35.0 Å². The third-order valence-corrected chi connectivity index (χ3v) is 0.511. The lowest BCUT2D eigenvalue weighted by Gasteiger charge is -2.17. The van der Waals surface area contributed by atoms with Gasteiger partial charge in [-0.1, -0.05) is 0 Å². The number of nitrogens with one attached hydrogen (secondary N) is 3. The van der Waals surface area contributed by atoms with Crippen molar-refractivity contribution < 1.29 is 34.0 Å². The maximum absolute atomic E-state index is 8.49. The standard InChI is InChI=1S/CH4N6.ClHO4/c2-3-1-4-6-7-5-1;2-1(3,4)5/h2H2,(H2,3,4,5,6,7);(H,2,3,4,5). The van der Waals surface area contributed by atoms with Gasteiger partial charge in [0.25, 0.3) is 0 Å². The fourth-order valence-corrected chi connectivity index (χ4v) is 0.243. The van der Waals surface area contributed by atoms with E-state index in [4.69, 9.17) is 24.5 Å². The second kappa shape index (κ2) is 4.76. The van der Waals surface area contributed by atoms with Gasteiger partial charge in [-0.15, -0.1) is 15.5 Å². The van der Waals surface area contributed by atoms with Gasteiger partial charge >= 0.3 is 5.95 Å². The van der Waals surface area contributed by atoms with E-state index in [-0.39, 0.29) is 0 Å². The van der Waals surface area contributed by atoms with Crippen LogP contribution >= 0.6 is 0 Å².